The van der Waals surface area contributed by atoms with Crippen molar-refractivity contribution < 1.29 is 14.3 Å². The van der Waals surface area contributed by atoms with Crippen LogP contribution in [-0.4, -0.2) is 11.1 Å². The first kappa shape index (κ1) is 14.6. The first-order valence-corrected chi connectivity index (χ1v) is 7.37. The normalized spacial score (nSPS) is 10.5. The summed E-state index contributed by atoms with van der Waals surface area (Å²) in [6.45, 7) is 2.04. The molecule has 2 nitrogen and oxygen atoms in total. The van der Waals surface area contributed by atoms with Crippen LogP contribution in [0.4, 0.5) is 4.39 Å². The van der Waals surface area contributed by atoms with Gasteiger partial charge in [-0.25, -0.2) is 9.18 Å². The standard InChI is InChI=1S/C16H15FO2S/c1-11-4-2-3-5-12(11)9-20-10-13-8-14(17)6-7-15(13)16(18)19/h2-8H,9-10H2,1H3,(H,18,19). The van der Waals surface area contributed by atoms with Gasteiger partial charge in [0.1, 0.15) is 5.82 Å². The molecule has 0 atom stereocenters. The minimum absolute atomic E-state index is 0.170. The van der Waals surface area contributed by atoms with Crippen LogP contribution >= 0.6 is 11.8 Å². The molecule has 0 bridgehead atoms. The lowest BCUT2D eigenvalue weighted by Gasteiger charge is -2.08. The Labute approximate surface area is 121 Å². The van der Waals surface area contributed by atoms with E-state index in [1.165, 1.54) is 29.3 Å². The van der Waals surface area contributed by atoms with Gasteiger partial charge in [0, 0.05) is 11.5 Å². The number of hydrogen-bond donors (Lipinski definition) is 1. The van der Waals surface area contributed by atoms with Gasteiger partial charge in [0.05, 0.1) is 5.56 Å². The number of carbonyl (C=O) groups is 1. The van der Waals surface area contributed by atoms with Gasteiger partial charge in [-0.3, -0.25) is 0 Å². The van der Waals surface area contributed by atoms with E-state index in [9.17, 15) is 9.18 Å². The molecule has 0 spiro atoms. The number of benzene rings is 2. The third-order valence-electron chi connectivity index (χ3n) is 3.07. The van der Waals surface area contributed by atoms with Crippen LogP contribution in [-0.2, 0) is 11.5 Å². The zero-order chi connectivity index (χ0) is 14.5. The van der Waals surface area contributed by atoms with Crippen molar-refractivity contribution >= 4 is 17.7 Å². The van der Waals surface area contributed by atoms with Gasteiger partial charge in [-0.1, -0.05) is 24.3 Å². The summed E-state index contributed by atoms with van der Waals surface area (Å²) >= 11 is 1.58. The van der Waals surface area contributed by atoms with Gasteiger partial charge < -0.3 is 5.11 Å². The second-order valence-electron chi connectivity index (χ2n) is 4.53. The molecule has 0 saturated heterocycles. The Hall–Kier alpha value is -1.81. The van der Waals surface area contributed by atoms with Crippen LogP contribution in [0.1, 0.15) is 27.0 Å². The molecule has 0 saturated carbocycles. The zero-order valence-electron chi connectivity index (χ0n) is 11.1. The van der Waals surface area contributed by atoms with E-state index in [1.54, 1.807) is 11.8 Å². The molecule has 2 aromatic carbocycles. The highest BCUT2D eigenvalue weighted by Gasteiger charge is 2.11. The molecule has 0 aromatic heterocycles. The van der Waals surface area contributed by atoms with Crippen LogP contribution in [0, 0.1) is 12.7 Å². The summed E-state index contributed by atoms with van der Waals surface area (Å²) in [7, 11) is 0. The van der Waals surface area contributed by atoms with Crippen molar-refractivity contribution in [2.24, 2.45) is 0 Å². The van der Waals surface area contributed by atoms with Crippen molar-refractivity contribution in [2.75, 3.05) is 0 Å². The number of halogens is 1. The van der Waals surface area contributed by atoms with E-state index in [4.69, 9.17) is 5.11 Å². The second-order valence-corrected chi connectivity index (χ2v) is 5.51. The molecule has 1 N–H and O–H groups in total. The van der Waals surface area contributed by atoms with Crippen molar-refractivity contribution in [3.63, 3.8) is 0 Å². The first-order chi connectivity index (χ1) is 9.58. The zero-order valence-corrected chi connectivity index (χ0v) is 11.9. The molecule has 104 valence electrons. The van der Waals surface area contributed by atoms with Crippen molar-refractivity contribution in [3.8, 4) is 0 Å². The van der Waals surface area contributed by atoms with Crippen molar-refractivity contribution in [1.29, 1.82) is 0 Å². The Kier molecular flexibility index (Phi) is 4.79. The number of carboxylic acid groups (broad SMARTS) is 1. The summed E-state index contributed by atoms with van der Waals surface area (Å²) < 4.78 is 13.2. The molecule has 0 unspecified atom stereocenters. The summed E-state index contributed by atoms with van der Waals surface area (Å²) in [6, 6.07) is 11.9. The molecule has 0 aliphatic carbocycles. The van der Waals surface area contributed by atoms with Crippen LogP contribution in [0.25, 0.3) is 0 Å². The van der Waals surface area contributed by atoms with Gasteiger partial charge in [0.2, 0.25) is 0 Å². The van der Waals surface area contributed by atoms with E-state index in [-0.39, 0.29) is 5.56 Å². The monoisotopic (exact) mass is 290 g/mol. The Morgan fingerprint density at radius 1 is 1.15 bits per heavy atom. The van der Waals surface area contributed by atoms with Crippen LogP contribution in [0.3, 0.4) is 0 Å². The van der Waals surface area contributed by atoms with E-state index >= 15 is 0 Å². The fourth-order valence-electron chi connectivity index (χ4n) is 1.93. The van der Waals surface area contributed by atoms with Crippen molar-refractivity contribution in [3.05, 3.63) is 70.5 Å². The molecule has 2 aromatic rings. The predicted molar refractivity (Wildman–Crippen MR) is 79.5 cm³/mol. The van der Waals surface area contributed by atoms with Gasteiger partial charge in [-0.2, -0.15) is 11.8 Å². The first-order valence-electron chi connectivity index (χ1n) is 6.22. The van der Waals surface area contributed by atoms with E-state index < -0.39 is 11.8 Å². The third kappa shape index (κ3) is 3.61. The Morgan fingerprint density at radius 3 is 2.55 bits per heavy atom. The molecule has 20 heavy (non-hydrogen) atoms. The molecule has 0 radical (unpaired) electrons. The molecular weight excluding hydrogens is 275 g/mol. The van der Waals surface area contributed by atoms with E-state index in [0.29, 0.717) is 11.3 Å². The van der Waals surface area contributed by atoms with Crippen molar-refractivity contribution in [1.82, 2.24) is 0 Å². The minimum atomic E-state index is -1.02. The maximum Gasteiger partial charge on any atom is 0.335 e. The van der Waals surface area contributed by atoms with Gasteiger partial charge in [-0.15, -0.1) is 0 Å². The highest BCUT2D eigenvalue weighted by atomic mass is 32.2. The number of aryl methyl sites for hydroxylation is 1. The molecule has 0 heterocycles. The molecule has 4 heteroatoms. The summed E-state index contributed by atoms with van der Waals surface area (Å²) in [5.41, 5.74) is 3.11. The molecule has 0 fully saturated rings. The summed E-state index contributed by atoms with van der Waals surface area (Å²) in [4.78, 5) is 11.1. The van der Waals surface area contributed by atoms with E-state index in [1.807, 2.05) is 31.2 Å². The average Bonchev–Trinajstić information content (AvgIpc) is 2.41. The average molecular weight is 290 g/mol. The number of carboxylic acids is 1. The smallest absolute Gasteiger partial charge is 0.335 e. The number of hydrogen-bond acceptors (Lipinski definition) is 2. The van der Waals surface area contributed by atoms with Crippen LogP contribution < -0.4 is 0 Å². The largest absolute Gasteiger partial charge is 0.478 e. The quantitative estimate of drug-likeness (QED) is 0.893. The minimum Gasteiger partial charge on any atom is -0.478 e. The summed E-state index contributed by atoms with van der Waals surface area (Å²) in [6.07, 6.45) is 0. The number of rotatable bonds is 5. The summed E-state index contributed by atoms with van der Waals surface area (Å²) in [5.74, 6) is -0.159. The van der Waals surface area contributed by atoms with Crippen LogP contribution in [0.2, 0.25) is 0 Å². The lowest BCUT2D eigenvalue weighted by atomic mass is 10.1. The second kappa shape index (κ2) is 6.57. The lowest BCUT2D eigenvalue weighted by Crippen LogP contribution is -2.02. The topological polar surface area (TPSA) is 37.3 Å². The summed E-state index contributed by atoms with van der Waals surface area (Å²) in [5, 5.41) is 9.09. The maximum atomic E-state index is 13.2. The highest BCUT2D eigenvalue weighted by molar-refractivity contribution is 7.97. The lowest BCUT2D eigenvalue weighted by molar-refractivity contribution is 0.0696. The van der Waals surface area contributed by atoms with Crippen molar-refractivity contribution in [2.45, 2.75) is 18.4 Å². The molecule has 0 amide bonds. The Bertz CT molecular complexity index is 626. The SMILES string of the molecule is Cc1ccccc1CSCc1cc(F)ccc1C(=O)O. The predicted octanol–water partition coefficient (Wildman–Crippen LogP) is 4.27. The van der Waals surface area contributed by atoms with Gasteiger partial charge in [0.15, 0.2) is 0 Å². The number of aromatic carboxylic acids is 1. The van der Waals surface area contributed by atoms with Gasteiger partial charge >= 0.3 is 5.97 Å². The van der Waals surface area contributed by atoms with Crippen LogP contribution in [0.15, 0.2) is 42.5 Å². The molecule has 2 rings (SSSR count). The fraction of sp³-hybridized carbons (Fsp3) is 0.188. The maximum absolute atomic E-state index is 13.2. The van der Waals surface area contributed by atoms with Crippen LogP contribution in [0.5, 0.6) is 0 Å². The van der Waals surface area contributed by atoms with Gasteiger partial charge in [-0.05, 0) is 41.8 Å². The number of thioether (sulfide) groups is 1. The Balaban J connectivity index is 2.06. The third-order valence-corrected chi connectivity index (χ3v) is 4.10. The van der Waals surface area contributed by atoms with E-state index in [2.05, 4.69) is 0 Å². The molecule has 0 aliphatic heterocycles. The highest BCUT2D eigenvalue weighted by Crippen LogP contribution is 2.22. The van der Waals surface area contributed by atoms with Gasteiger partial charge in [0.25, 0.3) is 0 Å². The fourth-order valence-corrected chi connectivity index (χ4v) is 3.04. The molecule has 0 aliphatic rings. The molecular formula is C16H15FO2S. The van der Waals surface area contributed by atoms with E-state index in [0.717, 1.165) is 5.75 Å². The Morgan fingerprint density at radius 2 is 1.85 bits per heavy atom.